The predicted octanol–water partition coefficient (Wildman–Crippen LogP) is 10.2. The highest BCUT2D eigenvalue weighted by atomic mass is 35.5. The Bertz CT molecular complexity index is 1830. The lowest BCUT2D eigenvalue weighted by molar-refractivity contribution is -0.0517. The molecular formula is C32H20Cl3F3O4S3. The molecule has 4 nitrogen and oxygen atoms in total. The number of rotatable bonds is 7. The lowest BCUT2D eigenvalue weighted by Gasteiger charge is -2.10. The fraction of sp³-hybridized carbons (Fsp3) is 0.0312. The van der Waals surface area contributed by atoms with Gasteiger partial charge in [-0.1, -0.05) is 76.9 Å². The van der Waals surface area contributed by atoms with Crippen molar-refractivity contribution in [3.05, 3.63) is 148 Å². The van der Waals surface area contributed by atoms with Crippen LogP contribution in [0, 0.1) is 0 Å². The van der Waals surface area contributed by atoms with Crippen molar-refractivity contribution in [2.24, 2.45) is 0 Å². The second kappa shape index (κ2) is 15.1. The van der Waals surface area contributed by atoms with Gasteiger partial charge in [-0.25, -0.2) is 8.42 Å². The van der Waals surface area contributed by atoms with Crippen LogP contribution in [-0.2, 0) is 21.0 Å². The van der Waals surface area contributed by atoms with E-state index in [2.05, 4.69) is 48.5 Å². The van der Waals surface area contributed by atoms with Gasteiger partial charge in [0, 0.05) is 31.0 Å². The minimum absolute atomic E-state index is 0.0418. The fourth-order valence-electron chi connectivity index (χ4n) is 3.80. The van der Waals surface area contributed by atoms with Crippen LogP contribution in [0.4, 0.5) is 13.2 Å². The summed E-state index contributed by atoms with van der Waals surface area (Å²) >= 11 is 20.5. The van der Waals surface area contributed by atoms with E-state index in [4.69, 9.17) is 47.8 Å². The van der Waals surface area contributed by atoms with Gasteiger partial charge in [0.1, 0.15) is 0 Å². The molecule has 0 aliphatic rings. The smallest absolute Gasteiger partial charge is 0.485 e. The van der Waals surface area contributed by atoms with Crippen LogP contribution in [0.3, 0.4) is 0 Å². The molecule has 0 spiro atoms. The van der Waals surface area contributed by atoms with Gasteiger partial charge in [0.15, 0.2) is 30.6 Å². The number of alkyl halides is 3. The quantitative estimate of drug-likeness (QED) is 0.0722. The Hall–Kier alpha value is -2.96. The molecule has 0 bridgehead atoms. The van der Waals surface area contributed by atoms with Gasteiger partial charge in [-0.15, -0.1) is 0 Å². The van der Waals surface area contributed by atoms with Gasteiger partial charge in [0.2, 0.25) is 0 Å². The highest BCUT2D eigenvalue weighted by Crippen LogP contribution is 2.37. The van der Waals surface area contributed by atoms with Crippen molar-refractivity contribution in [1.29, 1.82) is 0 Å². The number of halogens is 6. The first-order valence-electron chi connectivity index (χ1n) is 12.7. The lowest BCUT2D eigenvalue weighted by Crippen LogP contribution is -2.21. The van der Waals surface area contributed by atoms with E-state index in [1.165, 1.54) is 14.7 Å². The molecule has 5 aromatic rings. The zero-order valence-corrected chi connectivity index (χ0v) is 27.4. The zero-order valence-electron chi connectivity index (χ0n) is 22.7. The average Bonchev–Trinajstić information content (AvgIpc) is 3.00. The Labute approximate surface area is 280 Å². The predicted molar refractivity (Wildman–Crippen MR) is 173 cm³/mol. The molecule has 0 saturated carbocycles. The molecule has 45 heavy (non-hydrogen) atoms. The van der Waals surface area contributed by atoms with Gasteiger partial charge in [0.25, 0.3) is 0 Å². The number of hydrogen-bond donors (Lipinski definition) is 0. The molecule has 0 N–H and O–H groups in total. The third-order valence-electron chi connectivity index (χ3n) is 5.90. The summed E-state index contributed by atoms with van der Waals surface area (Å²) in [5, 5.41) is 1.98. The molecule has 0 aliphatic carbocycles. The molecule has 0 amide bonds. The Kier molecular flexibility index (Phi) is 11.7. The molecule has 5 aromatic carbocycles. The highest BCUT2D eigenvalue weighted by molar-refractivity contribution is 7.99. The highest BCUT2D eigenvalue weighted by Gasteiger charge is 2.37. The zero-order chi connectivity index (χ0) is 32.8. The van der Waals surface area contributed by atoms with Crippen molar-refractivity contribution in [2.45, 2.75) is 30.0 Å². The van der Waals surface area contributed by atoms with E-state index < -0.39 is 15.6 Å². The van der Waals surface area contributed by atoms with Crippen LogP contribution in [0.15, 0.2) is 146 Å². The minimum Gasteiger partial charge on any atom is -0.741 e. The van der Waals surface area contributed by atoms with Gasteiger partial charge in [0.05, 0.1) is 15.9 Å². The Morgan fingerprint density at radius 2 is 1.11 bits per heavy atom. The number of hydrogen-bond acceptors (Lipinski definition) is 5. The molecule has 0 heterocycles. The minimum atomic E-state index is -6.09. The van der Waals surface area contributed by atoms with Crippen LogP contribution >= 0.6 is 46.6 Å². The molecule has 5 rings (SSSR count). The standard InChI is InChI=1S/C31H20Cl3OS2.CHF3O3S/c32-23-7-13-26(14-8-23)37(27-15-9-24(33)10-16-27)28-17-11-25(12-18-28)36-30-19-6-22(20-29(30)34)31(35)21-4-2-1-3-5-21;2-1(3,4)8(5,6)7/h1-20H;(H,5,6,7)/q+1;/p-1. The van der Waals surface area contributed by atoms with E-state index >= 15 is 0 Å². The van der Waals surface area contributed by atoms with Gasteiger partial charge in [-0.2, -0.15) is 13.2 Å². The first-order chi connectivity index (χ1) is 21.2. The van der Waals surface area contributed by atoms with E-state index in [-0.39, 0.29) is 16.7 Å². The van der Waals surface area contributed by atoms with Crippen molar-refractivity contribution in [3.8, 4) is 0 Å². The molecular weight excluding hydrogens is 708 g/mol. The molecule has 0 atom stereocenters. The second-order valence-corrected chi connectivity index (χ2v) is 14.8. The summed E-state index contributed by atoms with van der Waals surface area (Å²) in [7, 11) is -6.40. The maximum atomic E-state index is 12.8. The van der Waals surface area contributed by atoms with E-state index in [1.54, 1.807) is 17.8 Å². The first kappa shape index (κ1) is 34.9. The molecule has 0 radical (unpaired) electrons. The summed E-state index contributed by atoms with van der Waals surface area (Å²) in [4.78, 5) is 18.3. The van der Waals surface area contributed by atoms with Crippen molar-refractivity contribution in [1.82, 2.24) is 0 Å². The van der Waals surface area contributed by atoms with Gasteiger partial charge >= 0.3 is 5.51 Å². The van der Waals surface area contributed by atoms with Gasteiger partial charge < -0.3 is 4.55 Å². The van der Waals surface area contributed by atoms with Gasteiger partial charge in [-0.05, 0) is 91.0 Å². The third kappa shape index (κ3) is 9.52. The van der Waals surface area contributed by atoms with E-state index in [0.717, 1.165) is 9.79 Å². The van der Waals surface area contributed by atoms with E-state index in [1.807, 2.05) is 66.7 Å². The number of carbonyl (C=O) groups excluding carboxylic acids is 1. The first-order valence-corrected chi connectivity index (χ1v) is 17.3. The second-order valence-electron chi connectivity index (χ2n) is 9.03. The van der Waals surface area contributed by atoms with E-state index in [0.29, 0.717) is 26.2 Å². The Morgan fingerprint density at radius 1 is 0.667 bits per heavy atom. The monoisotopic (exact) mass is 726 g/mol. The SMILES string of the molecule is O=C(c1ccccc1)c1ccc(Sc2ccc([S+](c3ccc(Cl)cc3)c3ccc(Cl)cc3)cc2)c(Cl)c1.O=S(=O)([O-])C(F)(F)F. The Morgan fingerprint density at radius 3 is 1.53 bits per heavy atom. The molecule has 0 saturated heterocycles. The summed E-state index contributed by atoms with van der Waals surface area (Å²) in [5.41, 5.74) is -4.43. The van der Waals surface area contributed by atoms with Crippen molar-refractivity contribution >= 4 is 73.4 Å². The maximum absolute atomic E-state index is 12.8. The van der Waals surface area contributed by atoms with Crippen LogP contribution in [-0.4, -0.2) is 24.3 Å². The van der Waals surface area contributed by atoms with Crippen molar-refractivity contribution in [3.63, 3.8) is 0 Å². The average molecular weight is 728 g/mol. The normalized spacial score (nSPS) is 11.6. The van der Waals surface area contributed by atoms with Crippen molar-refractivity contribution < 1.29 is 30.9 Å². The summed E-state index contributed by atoms with van der Waals surface area (Å²) in [6.07, 6.45) is 0. The summed E-state index contributed by atoms with van der Waals surface area (Å²) in [6.45, 7) is 0. The summed E-state index contributed by atoms with van der Waals surface area (Å²) in [5.74, 6) is -0.0418. The molecule has 232 valence electrons. The fourth-order valence-corrected chi connectivity index (χ4v) is 7.21. The van der Waals surface area contributed by atoms with Crippen LogP contribution in [0.2, 0.25) is 15.1 Å². The van der Waals surface area contributed by atoms with Crippen LogP contribution in [0.1, 0.15) is 15.9 Å². The molecule has 0 aliphatic heterocycles. The molecule has 0 aromatic heterocycles. The van der Waals surface area contributed by atoms with Crippen LogP contribution in [0.5, 0.6) is 0 Å². The summed E-state index contributed by atoms with van der Waals surface area (Å²) < 4.78 is 58.9. The maximum Gasteiger partial charge on any atom is 0.485 e. The lowest BCUT2D eigenvalue weighted by atomic mass is 10.0. The van der Waals surface area contributed by atoms with E-state index in [9.17, 15) is 18.0 Å². The number of carbonyl (C=O) groups is 1. The van der Waals surface area contributed by atoms with Crippen molar-refractivity contribution in [2.75, 3.05) is 0 Å². The third-order valence-corrected chi connectivity index (χ3v) is 10.7. The topological polar surface area (TPSA) is 74.3 Å². The Balaban J connectivity index is 0.000000510. The summed E-state index contributed by atoms with van der Waals surface area (Å²) in [6, 6.07) is 39.2. The number of ketones is 1. The molecule has 0 fully saturated rings. The van der Waals surface area contributed by atoms with Crippen LogP contribution in [0.25, 0.3) is 0 Å². The molecule has 13 heteroatoms. The van der Waals surface area contributed by atoms with Crippen LogP contribution < -0.4 is 0 Å². The van der Waals surface area contributed by atoms with Gasteiger partial charge in [-0.3, -0.25) is 4.79 Å². The number of benzene rings is 5. The largest absolute Gasteiger partial charge is 0.741 e. The molecule has 0 unspecified atom stereocenters.